The van der Waals surface area contributed by atoms with Gasteiger partial charge < -0.3 is 15.0 Å². The van der Waals surface area contributed by atoms with Crippen LogP contribution in [0.5, 0.6) is 5.75 Å². The van der Waals surface area contributed by atoms with E-state index in [0.29, 0.717) is 30.1 Å². The van der Waals surface area contributed by atoms with Crippen LogP contribution in [-0.4, -0.2) is 52.7 Å². The van der Waals surface area contributed by atoms with Gasteiger partial charge in [0.1, 0.15) is 16.5 Å². The number of aryl methyl sites for hydroxylation is 1. The molecule has 0 unspecified atom stereocenters. The number of hydrogen-bond acceptors (Lipinski definition) is 7. The average Bonchev–Trinajstić information content (AvgIpc) is 2.86. The van der Waals surface area contributed by atoms with E-state index < -0.39 is 10.0 Å². The lowest BCUT2D eigenvalue weighted by Gasteiger charge is -2.29. The minimum Gasteiger partial charge on any atom is -0.495 e. The van der Waals surface area contributed by atoms with Crippen molar-refractivity contribution in [3.63, 3.8) is 0 Å². The summed E-state index contributed by atoms with van der Waals surface area (Å²) in [7, 11) is 1.86. The Morgan fingerprint density at radius 2 is 1.69 bits per heavy atom. The highest BCUT2D eigenvalue weighted by atomic mass is 32.2. The number of methoxy groups -OCH3 is 1. The van der Waals surface area contributed by atoms with Gasteiger partial charge in [-0.15, -0.1) is 0 Å². The number of fused-ring (bicyclic) bond motifs is 1. The van der Waals surface area contributed by atoms with Gasteiger partial charge in [-0.05, 0) is 74.3 Å². The van der Waals surface area contributed by atoms with Gasteiger partial charge in [-0.1, -0.05) is 18.2 Å². The van der Waals surface area contributed by atoms with Gasteiger partial charge in [0.15, 0.2) is 0 Å². The lowest BCUT2D eigenvalue weighted by Crippen LogP contribution is -2.32. The molecule has 0 amide bonds. The summed E-state index contributed by atoms with van der Waals surface area (Å²) in [6.07, 6.45) is 4.06. The van der Waals surface area contributed by atoms with Crippen molar-refractivity contribution < 1.29 is 13.2 Å². The van der Waals surface area contributed by atoms with Crippen molar-refractivity contribution in [2.45, 2.75) is 37.5 Å². The van der Waals surface area contributed by atoms with Crippen molar-refractivity contribution in [3.8, 4) is 5.75 Å². The maximum atomic E-state index is 12.8. The molecule has 8 nitrogen and oxygen atoms in total. The fourth-order valence-electron chi connectivity index (χ4n) is 4.66. The van der Waals surface area contributed by atoms with Crippen LogP contribution in [0.25, 0.3) is 10.9 Å². The number of rotatable bonds is 9. The van der Waals surface area contributed by atoms with E-state index in [2.05, 4.69) is 15.0 Å². The van der Waals surface area contributed by atoms with Gasteiger partial charge in [-0.25, -0.2) is 18.1 Å². The lowest BCUT2D eigenvalue weighted by atomic mass is 9.82. The van der Waals surface area contributed by atoms with Crippen LogP contribution in [0.1, 0.15) is 31.2 Å². The van der Waals surface area contributed by atoms with Gasteiger partial charge in [0.2, 0.25) is 16.0 Å². The first-order chi connectivity index (χ1) is 16.8. The number of nitrogens with zero attached hydrogens (tertiary/aromatic N) is 3. The normalized spacial score (nSPS) is 18.4. The first-order valence-corrected chi connectivity index (χ1v) is 13.6. The van der Waals surface area contributed by atoms with E-state index in [1.807, 2.05) is 50.2 Å². The van der Waals surface area contributed by atoms with Crippen LogP contribution < -0.4 is 19.7 Å². The SMILES string of the molecule is COc1cc(C)ccc1S(=O)(=O)NCC1CCC(CNc2nc(N(C)C)c3ccccc3n2)CC1. The number of nitrogens with one attached hydrogen (secondary N) is 2. The number of benzene rings is 2. The predicted molar refractivity (Wildman–Crippen MR) is 141 cm³/mol. The van der Waals surface area contributed by atoms with Crippen molar-refractivity contribution in [1.82, 2.24) is 14.7 Å². The highest BCUT2D eigenvalue weighted by Gasteiger charge is 2.25. The largest absolute Gasteiger partial charge is 0.495 e. The van der Waals surface area contributed by atoms with E-state index >= 15 is 0 Å². The molecule has 0 saturated heterocycles. The molecule has 188 valence electrons. The zero-order valence-corrected chi connectivity index (χ0v) is 21.7. The summed E-state index contributed by atoms with van der Waals surface area (Å²) < 4.78 is 33.8. The van der Waals surface area contributed by atoms with Gasteiger partial charge in [-0.3, -0.25) is 0 Å². The fourth-order valence-corrected chi connectivity index (χ4v) is 5.92. The number of anilines is 2. The highest BCUT2D eigenvalue weighted by Crippen LogP contribution is 2.30. The van der Waals surface area contributed by atoms with E-state index in [1.54, 1.807) is 18.2 Å². The Balaban J connectivity index is 1.30. The van der Waals surface area contributed by atoms with Crippen LogP contribution in [0, 0.1) is 18.8 Å². The third kappa shape index (κ3) is 6.02. The van der Waals surface area contributed by atoms with Crippen molar-refractivity contribution >= 4 is 32.7 Å². The smallest absolute Gasteiger partial charge is 0.244 e. The molecule has 1 aliphatic rings. The first-order valence-electron chi connectivity index (χ1n) is 12.1. The Labute approximate surface area is 208 Å². The van der Waals surface area contributed by atoms with E-state index in [9.17, 15) is 8.42 Å². The summed E-state index contributed by atoms with van der Waals surface area (Å²) in [5.74, 6) is 2.77. The maximum absolute atomic E-state index is 12.8. The predicted octanol–water partition coefficient (Wildman–Crippen LogP) is 4.21. The standard InChI is InChI=1S/C26H35N5O3S/c1-18-9-14-24(23(15-18)34-4)35(32,33)28-17-20-12-10-19(11-13-20)16-27-26-29-22-8-6-5-7-21(22)25(30-26)31(2)3/h5-9,14-15,19-20,28H,10-13,16-17H2,1-4H3,(H,27,29,30). The zero-order chi connectivity index (χ0) is 25.0. The summed E-state index contributed by atoms with van der Waals surface area (Å²) in [5.41, 5.74) is 1.88. The highest BCUT2D eigenvalue weighted by molar-refractivity contribution is 7.89. The molecule has 1 aromatic heterocycles. The van der Waals surface area contributed by atoms with Crippen LogP contribution in [0.3, 0.4) is 0 Å². The van der Waals surface area contributed by atoms with Crippen LogP contribution in [-0.2, 0) is 10.0 Å². The van der Waals surface area contributed by atoms with Crippen molar-refractivity contribution in [2.24, 2.45) is 11.8 Å². The van der Waals surface area contributed by atoms with E-state index in [1.165, 1.54) is 7.11 Å². The number of aromatic nitrogens is 2. The van der Waals surface area contributed by atoms with Gasteiger partial charge in [0.25, 0.3) is 0 Å². The number of sulfonamides is 1. The topological polar surface area (TPSA) is 96.5 Å². The fraction of sp³-hybridized carbons (Fsp3) is 0.462. The van der Waals surface area contributed by atoms with Gasteiger partial charge in [-0.2, -0.15) is 4.98 Å². The molecule has 4 rings (SSSR count). The van der Waals surface area contributed by atoms with Crippen LogP contribution in [0.15, 0.2) is 47.4 Å². The Bertz CT molecular complexity index is 1270. The van der Waals surface area contributed by atoms with Crippen LogP contribution in [0.2, 0.25) is 0 Å². The molecule has 1 aliphatic carbocycles. The second-order valence-corrected chi connectivity index (χ2v) is 11.3. The average molecular weight is 498 g/mol. The van der Waals surface area contributed by atoms with Gasteiger partial charge in [0.05, 0.1) is 12.6 Å². The number of para-hydroxylation sites is 1. The van der Waals surface area contributed by atoms with Crippen molar-refractivity contribution in [1.29, 1.82) is 0 Å². The third-order valence-electron chi connectivity index (χ3n) is 6.69. The molecule has 0 bridgehead atoms. The summed E-state index contributed by atoms with van der Waals surface area (Å²) in [6.45, 7) is 3.16. The molecule has 1 fully saturated rings. The third-order valence-corrected chi connectivity index (χ3v) is 8.16. The molecule has 0 spiro atoms. The quantitative estimate of drug-likeness (QED) is 0.457. The Hall–Kier alpha value is -2.91. The molecule has 9 heteroatoms. The van der Waals surface area contributed by atoms with E-state index in [-0.39, 0.29) is 4.90 Å². The summed E-state index contributed by atoms with van der Waals surface area (Å²) >= 11 is 0. The molecule has 1 heterocycles. The molecule has 0 atom stereocenters. The van der Waals surface area contributed by atoms with E-state index in [0.717, 1.165) is 54.5 Å². The monoisotopic (exact) mass is 497 g/mol. The second kappa shape index (κ2) is 10.8. The lowest BCUT2D eigenvalue weighted by molar-refractivity contribution is 0.284. The molecule has 2 N–H and O–H groups in total. The molecule has 3 aromatic rings. The Kier molecular flexibility index (Phi) is 7.76. The minimum atomic E-state index is -3.62. The van der Waals surface area contributed by atoms with Crippen molar-refractivity contribution in [3.05, 3.63) is 48.0 Å². The first kappa shape index (κ1) is 25.2. The summed E-state index contributed by atoms with van der Waals surface area (Å²) in [6, 6.07) is 13.2. The summed E-state index contributed by atoms with van der Waals surface area (Å²) in [5, 5.41) is 4.47. The summed E-state index contributed by atoms with van der Waals surface area (Å²) in [4.78, 5) is 11.6. The van der Waals surface area contributed by atoms with Crippen LogP contribution >= 0.6 is 0 Å². The number of ether oxygens (including phenoxy) is 1. The maximum Gasteiger partial charge on any atom is 0.244 e. The minimum absolute atomic E-state index is 0.191. The molecule has 2 aromatic carbocycles. The molecule has 1 saturated carbocycles. The Morgan fingerprint density at radius 1 is 1.00 bits per heavy atom. The molecule has 0 aliphatic heterocycles. The second-order valence-electron chi connectivity index (χ2n) is 9.56. The Morgan fingerprint density at radius 3 is 2.37 bits per heavy atom. The molecule has 0 radical (unpaired) electrons. The van der Waals surface area contributed by atoms with Gasteiger partial charge in [0, 0.05) is 32.6 Å². The molecular weight excluding hydrogens is 462 g/mol. The molecular formula is C26H35N5O3S. The van der Waals surface area contributed by atoms with Crippen LogP contribution in [0.4, 0.5) is 11.8 Å². The van der Waals surface area contributed by atoms with Crippen molar-refractivity contribution in [2.75, 3.05) is 44.5 Å². The number of hydrogen-bond donors (Lipinski definition) is 2. The van der Waals surface area contributed by atoms with E-state index in [4.69, 9.17) is 9.72 Å². The zero-order valence-electron chi connectivity index (χ0n) is 20.9. The molecule has 35 heavy (non-hydrogen) atoms. The van der Waals surface area contributed by atoms with Gasteiger partial charge >= 0.3 is 0 Å².